The van der Waals surface area contributed by atoms with Crippen LogP contribution in [0.4, 0.5) is 10.2 Å². The standard InChI is InChI=1S/C4H3FN2O2/c5-3-1-2-6-4(3)7(8)9/h1-2,6H. The van der Waals surface area contributed by atoms with Crippen LogP contribution in [0.1, 0.15) is 0 Å². The molecule has 1 N–H and O–H groups in total. The highest BCUT2D eigenvalue weighted by molar-refractivity contribution is 5.20. The van der Waals surface area contributed by atoms with E-state index in [-0.39, 0.29) is 0 Å². The Kier molecular flexibility index (Phi) is 1.18. The van der Waals surface area contributed by atoms with E-state index in [4.69, 9.17) is 0 Å². The van der Waals surface area contributed by atoms with Gasteiger partial charge in [-0.05, 0) is 4.92 Å². The first-order valence-corrected chi connectivity index (χ1v) is 2.19. The molecule has 0 aliphatic rings. The molecule has 1 rings (SSSR count). The van der Waals surface area contributed by atoms with Crippen molar-refractivity contribution in [3.05, 3.63) is 28.2 Å². The maximum absolute atomic E-state index is 12.1. The zero-order valence-electron chi connectivity index (χ0n) is 4.30. The molecule has 0 saturated heterocycles. The van der Waals surface area contributed by atoms with E-state index in [0.29, 0.717) is 0 Å². The molecule has 0 radical (unpaired) electrons. The first kappa shape index (κ1) is 5.74. The Bertz CT molecular complexity index is 232. The normalized spacial score (nSPS) is 9.44. The molecule has 0 amide bonds. The third-order valence-electron chi connectivity index (χ3n) is 0.859. The summed E-state index contributed by atoms with van der Waals surface area (Å²) in [7, 11) is 0. The van der Waals surface area contributed by atoms with Crippen LogP contribution in [0.5, 0.6) is 0 Å². The summed E-state index contributed by atoms with van der Waals surface area (Å²) in [6.45, 7) is 0. The van der Waals surface area contributed by atoms with Gasteiger partial charge in [0.25, 0.3) is 0 Å². The van der Waals surface area contributed by atoms with E-state index in [1.807, 2.05) is 0 Å². The molecule has 0 spiro atoms. The average molecular weight is 130 g/mol. The van der Waals surface area contributed by atoms with Gasteiger partial charge in [0, 0.05) is 6.07 Å². The predicted molar refractivity (Wildman–Crippen MR) is 27.4 cm³/mol. The summed E-state index contributed by atoms with van der Waals surface area (Å²) >= 11 is 0. The molecule has 1 aromatic heterocycles. The minimum Gasteiger partial charge on any atom is -0.358 e. The van der Waals surface area contributed by atoms with Crippen molar-refractivity contribution in [3.8, 4) is 0 Å². The van der Waals surface area contributed by atoms with Crippen molar-refractivity contribution in [2.45, 2.75) is 0 Å². The third-order valence-corrected chi connectivity index (χ3v) is 0.859. The molecule has 0 bridgehead atoms. The molecule has 1 heterocycles. The number of H-pyrrole nitrogens is 1. The molecule has 4 nitrogen and oxygen atoms in total. The fourth-order valence-electron chi connectivity index (χ4n) is 0.482. The minimum atomic E-state index is -0.833. The number of nitrogens with one attached hydrogen (secondary N) is 1. The fraction of sp³-hybridized carbons (Fsp3) is 0. The molecule has 1 aromatic rings. The molecule has 0 unspecified atom stereocenters. The summed E-state index contributed by atoms with van der Waals surface area (Å²) in [4.78, 5) is 11.1. The van der Waals surface area contributed by atoms with Crippen LogP contribution < -0.4 is 0 Å². The molecule has 48 valence electrons. The van der Waals surface area contributed by atoms with E-state index < -0.39 is 16.6 Å². The first-order valence-electron chi connectivity index (χ1n) is 2.19. The van der Waals surface area contributed by atoms with E-state index >= 15 is 0 Å². The van der Waals surface area contributed by atoms with Crippen molar-refractivity contribution in [3.63, 3.8) is 0 Å². The van der Waals surface area contributed by atoms with Gasteiger partial charge in [-0.15, -0.1) is 0 Å². The predicted octanol–water partition coefficient (Wildman–Crippen LogP) is 1.06. The van der Waals surface area contributed by atoms with Gasteiger partial charge in [0.1, 0.15) is 0 Å². The van der Waals surface area contributed by atoms with E-state index in [1.54, 1.807) is 0 Å². The number of hydrogen-bond donors (Lipinski definition) is 1. The number of nitro groups is 1. The second-order valence-electron chi connectivity index (χ2n) is 1.43. The molecular formula is C4H3FN2O2. The number of rotatable bonds is 1. The molecule has 9 heavy (non-hydrogen) atoms. The summed E-state index contributed by atoms with van der Waals surface area (Å²) < 4.78 is 12.1. The Morgan fingerprint density at radius 3 is 2.67 bits per heavy atom. The molecule has 0 saturated carbocycles. The summed E-state index contributed by atoms with van der Waals surface area (Å²) in [5.41, 5.74) is 0. The van der Waals surface area contributed by atoms with Crippen LogP contribution in [-0.2, 0) is 0 Å². The SMILES string of the molecule is O=[N+]([O-])c1[nH]ccc1F. The zero-order valence-corrected chi connectivity index (χ0v) is 4.30. The fourth-order valence-corrected chi connectivity index (χ4v) is 0.482. The number of nitrogens with zero attached hydrogens (tertiary/aromatic N) is 1. The zero-order chi connectivity index (χ0) is 6.85. The first-order chi connectivity index (χ1) is 4.22. The molecule has 0 fully saturated rings. The summed E-state index contributed by atoms with van der Waals surface area (Å²) in [5.74, 6) is -1.42. The van der Waals surface area contributed by atoms with Gasteiger partial charge in [-0.1, -0.05) is 0 Å². The molecule has 0 atom stereocenters. The largest absolute Gasteiger partial charge is 0.358 e. The van der Waals surface area contributed by atoms with E-state index in [9.17, 15) is 14.5 Å². The number of aromatic nitrogens is 1. The van der Waals surface area contributed by atoms with Crippen molar-refractivity contribution in [1.29, 1.82) is 0 Å². The van der Waals surface area contributed by atoms with Crippen LogP contribution in [0.25, 0.3) is 0 Å². The lowest BCUT2D eigenvalue weighted by molar-refractivity contribution is -0.391. The van der Waals surface area contributed by atoms with Crippen molar-refractivity contribution in [2.75, 3.05) is 0 Å². The van der Waals surface area contributed by atoms with E-state index in [2.05, 4.69) is 4.98 Å². The van der Waals surface area contributed by atoms with Gasteiger partial charge in [-0.25, -0.2) is 4.98 Å². The molecule has 5 heteroatoms. The number of hydrogen-bond acceptors (Lipinski definition) is 2. The average Bonchev–Trinajstić information content (AvgIpc) is 2.13. The maximum Gasteiger partial charge on any atom is 0.356 e. The second-order valence-corrected chi connectivity index (χ2v) is 1.43. The van der Waals surface area contributed by atoms with Crippen LogP contribution in [-0.4, -0.2) is 9.91 Å². The quantitative estimate of drug-likeness (QED) is 0.456. The smallest absolute Gasteiger partial charge is 0.356 e. The van der Waals surface area contributed by atoms with E-state index in [0.717, 1.165) is 6.07 Å². The topological polar surface area (TPSA) is 58.9 Å². The molecule has 0 aromatic carbocycles. The lowest BCUT2D eigenvalue weighted by Crippen LogP contribution is -1.89. The van der Waals surface area contributed by atoms with Gasteiger partial charge >= 0.3 is 5.82 Å². The van der Waals surface area contributed by atoms with Gasteiger partial charge < -0.3 is 10.1 Å². The van der Waals surface area contributed by atoms with Gasteiger partial charge in [-0.2, -0.15) is 4.39 Å². The van der Waals surface area contributed by atoms with Crippen LogP contribution in [0.2, 0.25) is 0 Å². The van der Waals surface area contributed by atoms with Gasteiger partial charge in [0.05, 0.1) is 6.20 Å². The molecule has 0 aliphatic carbocycles. The highest BCUT2D eigenvalue weighted by atomic mass is 19.1. The minimum absolute atomic E-state index is 0.588. The second kappa shape index (κ2) is 1.85. The van der Waals surface area contributed by atoms with Crippen molar-refractivity contribution >= 4 is 5.82 Å². The highest BCUT2D eigenvalue weighted by Crippen LogP contribution is 2.11. The van der Waals surface area contributed by atoms with Crippen molar-refractivity contribution < 1.29 is 9.31 Å². The van der Waals surface area contributed by atoms with Crippen LogP contribution >= 0.6 is 0 Å². The van der Waals surface area contributed by atoms with Crippen LogP contribution in [0.15, 0.2) is 12.3 Å². The summed E-state index contributed by atoms with van der Waals surface area (Å²) in [6.07, 6.45) is 1.17. The maximum atomic E-state index is 12.1. The Hall–Kier alpha value is -1.39. The summed E-state index contributed by atoms with van der Waals surface area (Å²) in [6, 6.07) is 0.998. The van der Waals surface area contributed by atoms with Gasteiger partial charge in [0.15, 0.2) is 0 Å². The Morgan fingerprint density at radius 2 is 2.44 bits per heavy atom. The number of aromatic amines is 1. The highest BCUT2D eigenvalue weighted by Gasteiger charge is 2.10. The Balaban J connectivity index is 3.08. The van der Waals surface area contributed by atoms with Crippen molar-refractivity contribution in [1.82, 2.24) is 4.98 Å². The molecular weight excluding hydrogens is 127 g/mol. The lowest BCUT2D eigenvalue weighted by Gasteiger charge is -1.86. The van der Waals surface area contributed by atoms with Crippen LogP contribution in [0.3, 0.4) is 0 Å². The van der Waals surface area contributed by atoms with Crippen molar-refractivity contribution in [2.24, 2.45) is 0 Å². The van der Waals surface area contributed by atoms with Gasteiger partial charge in [0.2, 0.25) is 5.82 Å². The monoisotopic (exact) mass is 130 g/mol. The third kappa shape index (κ3) is 0.883. The molecule has 0 aliphatic heterocycles. The summed E-state index contributed by atoms with van der Waals surface area (Å²) in [5, 5.41) is 9.82. The van der Waals surface area contributed by atoms with Gasteiger partial charge in [-0.3, -0.25) is 0 Å². The lowest BCUT2D eigenvalue weighted by atomic mass is 10.6. The number of halogens is 1. The van der Waals surface area contributed by atoms with E-state index in [1.165, 1.54) is 6.20 Å². The van der Waals surface area contributed by atoms with Crippen LogP contribution in [0, 0.1) is 15.9 Å². The Labute approximate surface area is 49.5 Å². The Morgan fingerprint density at radius 1 is 1.78 bits per heavy atom.